The van der Waals surface area contributed by atoms with Crippen molar-refractivity contribution < 1.29 is 18.7 Å². The van der Waals surface area contributed by atoms with E-state index in [2.05, 4.69) is 20.6 Å². The van der Waals surface area contributed by atoms with Crippen molar-refractivity contribution in [2.24, 2.45) is 0 Å². The highest BCUT2D eigenvalue weighted by Gasteiger charge is 2.17. The first-order valence-electron chi connectivity index (χ1n) is 9.77. The van der Waals surface area contributed by atoms with Crippen LogP contribution in [0.15, 0.2) is 66.9 Å². The number of amides is 1. The van der Waals surface area contributed by atoms with Crippen LogP contribution in [0.1, 0.15) is 21.7 Å². The molecular formula is C23H20FN5O3. The molecule has 0 aliphatic rings. The molecule has 1 N–H and O–H groups in total. The fourth-order valence-corrected chi connectivity index (χ4v) is 2.97. The summed E-state index contributed by atoms with van der Waals surface area (Å²) in [4.78, 5) is 16.8. The predicted molar refractivity (Wildman–Crippen MR) is 115 cm³/mol. The van der Waals surface area contributed by atoms with Gasteiger partial charge in [-0.3, -0.25) is 4.79 Å². The maximum atomic E-state index is 13.0. The Morgan fingerprint density at radius 3 is 2.41 bits per heavy atom. The fourth-order valence-electron chi connectivity index (χ4n) is 2.97. The van der Waals surface area contributed by atoms with Crippen LogP contribution in [0.5, 0.6) is 17.4 Å². The van der Waals surface area contributed by atoms with Gasteiger partial charge in [0.05, 0.1) is 18.5 Å². The van der Waals surface area contributed by atoms with Crippen molar-refractivity contribution >= 4 is 5.91 Å². The minimum Gasteiger partial charge on any atom is -0.497 e. The standard InChI is InChI=1S/C23H20FN5O3/c1-15-22(27-28-29(15)18-6-10-19(31-2)11-7-18)23(30)26-14-16-3-12-21(25-13-16)32-20-8-4-17(24)5-9-20/h3-13H,14H2,1-2H3,(H,26,30). The quantitative estimate of drug-likeness (QED) is 0.476. The molecule has 0 spiro atoms. The molecule has 0 radical (unpaired) electrons. The lowest BCUT2D eigenvalue weighted by Gasteiger charge is -2.07. The Kier molecular flexibility index (Phi) is 6.07. The van der Waals surface area contributed by atoms with Crippen molar-refractivity contribution in [1.82, 2.24) is 25.3 Å². The monoisotopic (exact) mass is 433 g/mol. The van der Waals surface area contributed by atoms with Gasteiger partial charge in [0.25, 0.3) is 5.91 Å². The second kappa shape index (κ2) is 9.25. The van der Waals surface area contributed by atoms with Gasteiger partial charge in [-0.05, 0) is 61.0 Å². The first kappa shape index (κ1) is 21.0. The van der Waals surface area contributed by atoms with Crippen molar-refractivity contribution in [3.8, 4) is 23.1 Å². The summed E-state index contributed by atoms with van der Waals surface area (Å²) in [6.07, 6.45) is 1.60. The molecule has 0 aliphatic carbocycles. The van der Waals surface area contributed by atoms with E-state index in [1.165, 1.54) is 24.3 Å². The number of pyridine rings is 1. The van der Waals surface area contributed by atoms with Crippen molar-refractivity contribution in [3.05, 3.63) is 89.6 Å². The molecule has 0 saturated heterocycles. The molecule has 2 heterocycles. The minimum absolute atomic E-state index is 0.241. The number of carbonyl (C=O) groups is 1. The van der Waals surface area contributed by atoms with Crippen LogP contribution in [0.4, 0.5) is 4.39 Å². The lowest BCUT2D eigenvalue weighted by atomic mass is 10.2. The van der Waals surface area contributed by atoms with Gasteiger partial charge >= 0.3 is 0 Å². The molecule has 4 rings (SSSR count). The van der Waals surface area contributed by atoms with E-state index in [-0.39, 0.29) is 24.0 Å². The van der Waals surface area contributed by atoms with Gasteiger partial charge in [0.1, 0.15) is 17.3 Å². The van der Waals surface area contributed by atoms with Crippen LogP contribution in [-0.4, -0.2) is 33.0 Å². The van der Waals surface area contributed by atoms with Crippen molar-refractivity contribution in [2.75, 3.05) is 7.11 Å². The molecule has 0 unspecified atom stereocenters. The number of hydrogen-bond donors (Lipinski definition) is 1. The van der Waals surface area contributed by atoms with Gasteiger partial charge in [-0.1, -0.05) is 11.3 Å². The highest BCUT2D eigenvalue weighted by molar-refractivity contribution is 5.93. The van der Waals surface area contributed by atoms with E-state index in [1.807, 2.05) is 24.3 Å². The van der Waals surface area contributed by atoms with E-state index in [1.54, 1.807) is 37.0 Å². The van der Waals surface area contributed by atoms with Crippen molar-refractivity contribution in [2.45, 2.75) is 13.5 Å². The third kappa shape index (κ3) is 4.72. The van der Waals surface area contributed by atoms with Gasteiger partial charge in [0.15, 0.2) is 5.69 Å². The maximum absolute atomic E-state index is 13.0. The number of benzene rings is 2. The molecule has 162 valence electrons. The largest absolute Gasteiger partial charge is 0.497 e. The summed E-state index contributed by atoms with van der Waals surface area (Å²) >= 11 is 0. The molecule has 2 aromatic heterocycles. The van der Waals surface area contributed by atoms with Crippen molar-refractivity contribution in [1.29, 1.82) is 0 Å². The average molecular weight is 433 g/mol. The van der Waals surface area contributed by atoms with Crippen LogP contribution in [0, 0.1) is 12.7 Å². The Labute approximate surface area is 183 Å². The van der Waals surface area contributed by atoms with Gasteiger partial charge in [0.2, 0.25) is 5.88 Å². The number of methoxy groups -OCH3 is 1. The normalized spacial score (nSPS) is 10.6. The maximum Gasteiger partial charge on any atom is 0.274 e. The zero-order valence-corrected chi connectivity index (χ0v) is 17.4. The smallest absolute Gasteiger partial charge is 0.274 e. The Hall–Kier alpha value is -4.27. The van der Waals surface area contributed by atoms with Gasteiger partial charge in [0, 0.05) is 18.8 Å². The van der Waals surface area contributed by atoms with Gasteiger partial charge in [-0.25, -0.2) is 14.1 Å². The van der Waals surface area contributed by atoms with E-state index in [9.17, 15) is 9.18 Å². The molecule has 0 aliphatic heterocycles. The Morgan fingerprint density at radius 2 is 1.75 bits per heavy atom. The molecule has 2 aromatic carbocycles. The second-order valence-electron chi connectivity index (χ2n) is 6.88. The molecule has 9 heteroatoms. The van der Waals surface area contributed by atoms with Gasteiger partial charge in [-0.2, -0.15) is 0 Å². The Bertz CT molecular complexity index is 1210. The topological polar surface area (TPSA) is 91.2 Å². The van der Waals surface area contributed by atoms with Crippen LogP contribution >= 0.6 is 0 Å². The lowest BCUT2D eigenvalue weighted by Crippen LogP contribution is -2.24. The molecular weight excluding hydrogens is 413 g/mol. The number of halogens is 1. The van der Waals surface area contributed by atoms with Crippen LogP contribution in [0.3, 0.4) is 0 Å². The van der Waals surface area contributed by atoms with E-state index >= 15 is 0 Å². The van der Waals surface area contributed by atoms with E-state index in [4.69, 9.17) is 9.47 Å². The number of hydrogen-bond acceptors (Lipinski definition) is 6. The minimum atomic E-state index is -0.339. The molecule has 0 saturated carbocycles. The zero-order chi connectivity index (χ0) is 22.5. The summed E-state index contributed by atoms with van der Waals surface area (Å²) in [6, 6.07) is 16.4. The number of rotatable bonds is 7. The summed E-state index contributed by atoms with van der Waals surface area (Å²) in [5.74, 6) is 0.900. The second-order valence-corrected chi connectivity index (χ2v) is 6.88. The Morgan fingerprint density at radius 1 is 1.03 bits per heavy atom. The van der Waals surface area contributed by atoms with Crippen molar-refractivity contribution in [3.63, 3.8) is 0 Å². The van der Waals surface area contributed by atoms with Crippen LogP contribution in [-0.2, 0) is 6.54 Å². The SMILES string of the molecule is COc1ccc(-n2nnc(C(=O)NCc3ccc(Oc4ccc(F)cc4)nc3)c2C)cc1. The predicted octanol–water partition coefficient (Wildman–Crippen LogP) is 3.84. The molecule has 0 fully saturated rings. The van der Waals surface area contributed by atoms with E-state index in [0.29, 0.717) is 17.3 Å². The fraction of sp³-hybridized carbons (Fsp3) is 0.130. The third-order valence-electron chi connectivity index (χ3n) is 4.71. The van der Waals surface area contributed by atoms with E-state index in [0.717, 1.165) is 17.0 Å². The summed E-state index contributed by atoms with van der Waals surface area (Å²) in [5, 5.41) is 10.9. The molecule has 32 heavy (non-hydrogen) atoms. The first-order chi connectivity index (χ1) is 15.5. The van der Waals surface area contributed by atoms with Crippen LogP contribution < -0.4 is 14.8 Å². The Balaban J connectivity index is 1.37. The number of nitrogens with one attached hydrogen (secondary N) is 1. The van der Waals surface area contributed by atoms with Gasteiger partial charge in [-0.15, -0.1) is 5.10 Å². The molecule has 4 aromatic rings. The summed E-state index contributed by atoms with van der Waals surface area (Å²) in [6.45, 7) is 2.04. The summed E-state index contributed by atoms with van der Waals surface area (Å²) in [7, 11) is 1.60. The molecule has 0 bridgehead atoms. The number of carbonyl (C=O) groups excluding carboxylic acids is 1. The lowest BCUT2D eigenvalue weighted by molar-refractivity contribution is 0.0945. The number of ether oxygens (including phenoxy) is 2. The molecule has 1 amide bonds. The summed E-state index contributed by atoms with van der Waals surface area (Å²) in [5.41, 5.74) is 2.42. The highest BCUT2D eigenvalue weighted by Crippen LogP contribution is 2.20. The molecule has 0 atom stereocenters. The number of nitrogens with zero attached hydrogens (tertiary/aromatic N) is 4. The molecule has 8 nitrogen and oxygen atoms in total. The number of aromatic nitrogens is 4. The summed E-state index contributed by atoms with van der Waals surface area (Å²) < 4.78 is 25.3. The van der Waals surface area contributed by atoms with Crippen LogP contribution in [0.2, 0.25) is 0 Å². The highest BCUT2D eigenvalue weighted by atomic mass is 19.1. The van der Waals surface area contributed by atoms with Gasteiger partial charge < -0.3 is 14.8 Å². The van der Waals surface area contributed by atoms with Crippen LogP contribution in [0.25, 0.3) is 5.69 Å². The first-order valence-corrected chi connectivity index (χ1v) is 9.77. The van der Waals surface area contributed by atoms with E-state index < -0.39 is 0 Å². The average Bonchev–Trinajstić information content (AvgIpc) is 3.21. The third-order valence-corrected chi connectivity index (χ3v) is 4.71. The zero-order valence-electron chi connectivity index (χ0n) is 17.4.